The molecular weight excluding hydrogens is 253 g/mol. The molecule has 3 nitrogen and oxygen atoms in total. The first kappa shape index (κ1) is 13.3. The number of aromatic nitrogens is 2. The van der Waals surface area contributed by atoms with E-state index >= 15 is 0 Å². The average molecular weight is 273 g/mol. The molecule has 2 aromatic rings. The minimum absolute atomic E-state index is 0.111. The SMILES string of the molecule is Cc1cn(-c2ccc(CC[C@@H]3CCNC3)c(F)c2)cn1. The van der Waals surface area contributed by atoms with Crippen LogP contribution in [0.5, 0.6) is 0 Å². The molecule has 1 aromatic carbocycles. The van der Waals surface area contributed by atoms with Crippen molar-refractivity contribution < 1.29 is 4.39 Å². The molecule has 0 spiro atoms. The van der Waals surface area contributed by atoms with Crippen molar-refractivity contribution in [3.05, 3.63) is 47.8 Å². The van der Waals surface area contributed by atoms with Gasteiger partial charge in [0.1, 0.15) is 5.82 Å². The summed E-state index contributed by atoms with van der Waals surface area (Å²) in [5.74, 6) is 0.588. The highest BCUT2D eigenvalue weighted by atomic mass is 19.1. The van der Waals surface area contributed by atoms with Gasteiger partial charge in [-0.05, 0) is 62.9 Å². The Hall–Kier alpha value is -1.68. The van der Waals surface area contributed by atoms with E-state index in [1.165, 1.54) is 6.42 Å². The van der Waals surface area contributed by atoms with Gasteiger partial charge in [0.05, 0.1) is 12.0 Å². The fourth-order valence-electron chi connectivity index (χ4n) is 2.78. The summed E-state index contributed by atoms with van der Waals surface area (Å²) in [6, 6.07) is 5.47. The van der Waals surface area contributed by atoms with E-state index in [2.05, 4.69) is 10.3 Å². The van der Waals surface area contributed by atoms with E-state index in [0.717, 1.165) is 42.9 Å². The maximum absolute atomic E-state index is 14.2. The van der Waals surface area contributed by atoms with Gasteiger partial charge in [-0.15, -0.1) is 0 Å². The third kappa shape index (κ3) is 2.90. The number of imidazole rings is 1. The molecule has 2 heterocycles. The normalized spacial score (nSPS) is 18.6. The van der Waals surface area contributed by atoms with Gasteiger partial charge in [-0.3, -0.25) is 0 Å². The third-order valence-corrected chi connectivity index (χ3v) is 4.03. The van der Waals surface area contributed by atoms with Gasteiger partial charge < -0.3 is 9.88 Å². The van der Waals surface area contributed by atoms with Crippen LogP contribution in [-0.2, 0) is 6.42 Å². The first-order valence-corrected chi connectivity index (χ1v) is 7.22. The molecule has 0 unspecified atom stereocenters. The molecule has 1 fully saturated rings. The molecule has 4 heteroatoms. The van der Waals surface area contributed by atoms with Crippen molar-refractivity contribution in [2.75, 3.05) is 13.1 Å². The fraction of sp³-hybridized carbons (Fsp3) is 0.438. The number of hydrogen-bond donors (Lipinski definition) is 1. The summed E-state index contributed by atoms with van der Waals surface area (Å²) in [5.41, 5.74) is 2.58. The summed E-state index contributed by atoms with van der Waals surface area (Å²) in [5, 5.41) is 3.35. The molecule has 20 heavy (non-hydrogen) atoms. The topological polar surface area (TPSA) is 29.9 Å². The average Bonchev–Trinajstić information content (AvgIpc) is 3.08. The van der Waals surface area contributed by atoms with Gasteiger partial charge in [0.25, 0.3) is 0 Å². The van der Waals surface area contributed by atoms with Crippen LogP contribution in [0.1, 0.15) is 24.1 Å². The van der Waals surface area contributed by atoms with Crippen molar-refractivity contribution in [3.8, 4) is 5.69 Å². The lowest BCUT2D eigenvalue weighted by Crippen LogP contribution is -2.09. The standard InChI is InChI=1S/C16H20FN3/c1-12-10-20(11-19-12)15-5-4-14(16(17)8-15)3-2-13-6-7-18-9-13/h4-5,8,10-11,13,18H,2-3,6-7,9H2,1H3/t13-/m1/s1. The molecule has 0 bridgehead atoms. The van der Waals surface area contributed by atoms with E-state index < -0.39 is 0 Å². The lowest BCUT2D eigenvalue weighted by atomic mass is 9.98. The Balaban J connectivity index is 1.70. The molecule has 0 amide bonds. The zero-order valence-corrected chi connectivity index (χ0v) is 11.8. The Labute approximate surface area is 118 Å². The van der Waals surface area contributed by atoms with Gasteiger partial charge in [-0.1, -0.05) is 6.07 Å². The van der Waals surface area contributed by atoms with Crippen LogP contribution in [-0.4, -0.2) is 22.6 Å². The first-order chi connectivity index (χ1) is 9.72. The van der Waals surface area contributed by atoms with Gasteiger partial charge in [0.15, 0.2) is 0 Å². The van der Waals surface area contributed by atoms with Crippen molar-refractivity contribution >= 4 is 0 Å². The molecular formula is C16H20FN3. The molecule has 3 rings (SSSR count). The Bertz CT molecular complexity index is 585. The fourth-order valence-corrected chi connectivity index (χ4v) is 2.78. The monoisotopic (exact) mass is 273 g/mol. The van der Waals surface area contributed by atoms with Crippen LogP contribution >= 0.6 is 0 Å². The minimum atomic E-state index is -0.111. The van der Waals surface area contributed by atoms with E-state index in [1.807, 2.05) is 29.8 Å². The van der Waals surface area contributed by atoms with Crippen LogP contribution < -0.4 is 5.32 Å². The quantitative estimate of drug-likeness (QED) is 0.928. The zero-order valence-electron chi connectivity index (χ0n) is 11.8. The predicted octanol–water partition coefficient (Wildman–Crippen LogP) is 2.86. The number of nitrogens with zero attached hydrogens (tertiary/aromatic N) is 2. The number of nitrogens with one attached hydrogen (secondary N) is 1. The van der Waals surface area contributed by atoms with E-state index in [1.54, 1.807) is 12.4 Å². The van der Waals surface area contributed by atoms with Gasteiger partial charge in [-0.2, -0.15) is 0 Å². The number of benzene rings is 1. The third-order valence-electron chi connectivity index (χ3n) is 4.03. The summed E-state index contributed by atoms with van der Waals surface area (Å²) in [7, 11) is 0. The highest BCUT2D eigenvalue weighted by Crippen LogP contribution is 2.20. The van der Waals surface area contributed by atoms with Crippen LogP contribution in [0.15, 0.2) is 30.7 Å². The van der Waals surface area contributed by atoms with Crippen LogP contribution in [0, 0.1) is 18.7 Å². The van der Waals surface area contributed by atoms with Crippen molar-refractivity contribution in [1.82, 2.24) is 14.9 Å². The van der Waals surface area contributed by atoms with Gasteiger partial charge in [0.2, 0.25) is 0 Å². The lowest BCUT2D eigenvalue weighted by molar-refractivity contribution is 0.519. The number of rotatable bonds is 4. The highest BCUT2D eigenvalue weighted by Gasteiger charge is 2.15. The lowest BCUT2D eigenvalue weighted by Gasteiger charge is -2.10. The molecule has 1 atom stereocenters. The van der Waals surface area contributed by atoms with Crippen LogP contribution in [0.25, 0.3) is 5.69 Å². The maximum atomic E-state index is 14.2. The van der Waals surface area contributed by atoms with E-state index in [-0.39, 0.29) is 5.82 Å². The molecule has 1 aromatic heterocycles. The second kappa shape index (κ2) is 5.75. The van der Waals surface area contributed by atoms with Gasteiger partial charge in [-0.25, -0.2) is 9.37 Å². The first-order valence-electron chi connectivity index (χ1n) is 7.22. The van der Waals surface area contributed by atoms with Crippen LogP contribution in [0.4, 0.5) is 4.39 Å². The molecule has 0 radical (unpaired) electrons. The second-order valence-corrected chi connectivity index (χ2v) is 5.60. The number of halogens is 1. The molecule has 1 aliphatic heterocycles. The smallest absolute Gasteiger partial charge is 0.128 e. The molecule has 0 saturated carbocycles. The van der Waals surface area contributed by atoms with Crippen molar-refractivity contribution in [2.45, 2.75) is 26.2 Å². The second-order valence-electron chi connectivity index (χ2n) is 5.60. The van der Waals surface area contributed by atoms with Gasteiger partial charge >= 0.3 is 0 Å². The van der Waals surface area contributed by atoms with Crippen molar-refractivity contribution in [2.24, 2.45) is 5.92 Å². The van der Waals surface area contributed by atoms with Crippen molar-refractivity contribution in [1.29, 1.82) is 0 Å². The van der Waals surface area contributed by atoms with Gasteiger partial charge in [0, 0.05) is 11.9 Å². The van der Waals surface area contributed by atoms with E-state index in [0.29, 0.717) is 5.92 Å². The highest BCUT2D eigenvalue weighted by molar-refractivity contribution is 5.36. The Morgan fingerprint density at radius 1 is 1.45 bits per heavy atom. The molecule has 1 saturated heterocycles. The molecule has 106 valence electrons. The number of hydrogen-bond acceptors (Lipinski definition) is 2. The van der Waals surface area contributed by atoms with E-state index in [9.17, 15) is 4.39 Å². The van der Waals surface area contributed by atoms with Crippen molar-refractivity contribution in [3.63, 3.8) is 0 Å². The molecule has 0 aliphatic carbocycles. The zero-order chi connectivity index (χ0) is 13.9. The summed E-state index contributed by atoms with van der Waals surface area (Å²) in [6.07, 6.45) is 6.72. The Kier molecular flexibility index (Phi) is 3.83. The Morgan fingerprint density at radius 3 is 3.00 bits per heavy atom. The largest absolute Gasteiger partial charge is 0.316 e. The van der Waals surface area contributed by atoms with E-state index in [4.69, 9.17) is 0 Å². The summed E-state index contributed by atoms with van der Waals surface area (Å²) >= 11 is 0. The number of aryl methyl sites for hydroxylation is 2. The van der Waals surface area contributed by atoms with Crippen LogP contribution in [0.3, 0.4) is 0 Å². The maximum Gasteiger partial charge on any atom is 0.128 e. The Morgan fingerprint density at radius 2 is 2.35 bits per heavy atom. The molecule has 1 aliphatic rings. The summed E-state index contributed by atoms with van der Waals surface area (Å²) in [4.78, 5) is 4.17. The minimum Gasteiger partial charge on any atom is -0.316 e. The molecule has 1 N–H and O–H groups in total. The van der Waals surface area contributed by atoms with Crippen LogP contribution in [0.2, 0.25) is 0 Å². The predicted molar refractivity (Wildman–Crippen MR) is 77.6 cm³/mol. The summed E-state index contributed by atoms with van der Waals surface area (Å²) < 4.78 is 16.0. The summed E-state index contributed by atoms with van der Waals surface area (Å²) in [6.45, 7) is 4.11.